The Balaban J connectivity index is 1.33. The van der Waals surface area contributed by atoms with Gasteiger partial charge in [0.25, 0.3) is 5.91 Å². The molecule has 2 aromatic carbocycles. The molecule has 7 rings (SSSR count). The predicted octanol–water partition coefficient (Wildman–Crippen LogP) is 2.65. The van der Waals surface area contributed by atoms with Crippen molar-refractivity contribution in [3.8, 4) is 0 Å². The summed E-state index contributed by atoms with van der Waals surface area (Å²) in [5, 5.41) is 19.3. The van der Waals surface area contributed by atoms with E-state index in [2.05, 4.69) is 10.3 Å². The van der Waals surface area contributed by atoms with Gasteiger partial charge in [-0.05, 0) is 50.3 Å². The van der Waals surface area contributed by atoms with Gasteiger partial charge in [0.2, 0.25) is 5.91 Å². The van der Waals surface area contributed by atoms with Gasteiger partial charge in [0.05, 0.1) is 36.3 Å². The summed E-state index contributed by atoms with van der Waals surface area (Å²) in [5.41, 5.74) is -0.271. The highest BCUT2D eigenvalue weighted by Gasteiger charge is 2.75. The van der Waals surface area contributed by atoms with Crippen LogP contribution in [0, 0.1) is 11.8 Å². The zero-order valence-electron chi connectivity index (χ0n) is 25.2. The molecule has 234 valence electrons. The maximum atomic E-state index is 14.8. The number of para-hydroxylation sites is 1. The van der Waals surface area contributed by atoms with Gasteiger partial charge in [0.1, 0.15) is 29.7 Å². The van der Waals surface area contributed by atoms with Crippen LogP contribution in [0.25, 0.3) is 11.0 Å². The summed E-state index contributed by atoms with van der Waals surface area (Å²) in [6.07, 6.45) is 10.2. The van der Waals surface area contributed by atoms with Crippen molar-refractivity contribution in [2.24, 2.45) is 11.8 Å². The van der Waals surface area contributed by atoms with E-state index in [0.29, 0.717) is 18.4 Å². The van der Waals surface area contributed by atoms with Gasteiger partial charge in [-0.3, -0.25) is 14.4 Å². The molecular formula is C34H37N5O6. The Kier molecular flexibility index (Phi) is 7.53. The van der Waals surface area contributed by atoms with Gasteiger partial charge >= 0.3 is 5.97 Å². The van der Waals surface area contributed by atoms with Crippen molar-refractivity contribution >= 4 is 28.8 Å². The number of nitrogens with zero attached hydrogens (tertiary/aromatic N) is 5. The first kappa shape index (κ1) is 29.4. The number of esters is 1. The van der Waals surface area contributed by atoms with Crippen LogP contribution in [0.2, 0.25) is 0 Å². The van der Waals surface area contributed by atoms with E-state index < -0.39 is 47.0 Å². The van der Waals surface area contributed by atoms with Crippen LogP contribution in [0.15, 0.2) is 78.9 Å². The molecule has 2 amide bonds. The second kappa shape index (κ2) is 11.5. The van der Waals surface area contributed by atoms with Crippen LogP contribution in [0.5, 0.6) is 0 Å². The highest BCUT2D eigenvalue weighted by molar-refractivity contribution is 5.99. The van der Waals surface area contributed by atoms with Gasteiger partial charge in [0, 0.05) is 6.54 Å². The highest BCUT2D eigenvalue weighted by Crippen LogP contribution is 2.57. The van der Waals surface area contributed by atoms with Crippen LogP contribution in [0.1, 0.15) is 31.7 Å². The predicted molar refractivity (Wildman–Crippen MR) is 163 cm³/mol. The number of fused-ring (bicyclic) bond motifs is 3. The molecule has 45 heavy (non-hydrogen) atoms. The molecule has 4 aliphatic rings. The topological polar surface area (TPSA) is 127 Å². The van der Waals surface area contributed by atoms with E-state index in [-0.39, 0.29) is 32.3 Å². The Morgan fingerprint density at radius 1 is 0.978 bits per heavy atom. The number of aliphatic hydroxyl groups is 1. The van der Waals surface area contributed by atoms with Crippen molar-refractivity contribution < 1.29 is 29.0 Å². The summed E-state index contributed by atoms with van der Waals surface area (Å²) in [6, 6.07) is 15.2. The van der Waals surface area contributed by atoms with Crippen LogP contribution in [-0.4, -0.2) is 90.7 Å². The second-order valence-electron chi connectivity index (χ2n) is 12.5. The highest BCUT2D eigenvalue weighted by atomic mass is 16.6. The first-order chi connectivity index (χ1) is 21.9. The molecule has 11 heteroatoms. The molecule has 2 saturated heterocycles. The van der Waals surface area contributed by atoms with Gasteiger partial charge in [0.15, 0.2) is 0 Å². The van der Waals surface area contributed by atoms with Crippen LogP contribution >= 0.6 is 0 Å². The SMILES string of the molecule is C[C@]12/C=C\CCCCOC(=O)[C@H]1[C@H]1C(=O)N([C@@H](CO)Cc3ccccc3)C3C(=O)N(Cn4nnc5ccccc54)CC=C[C@@]31O2. The third-order valence-corrected chi connectivity index (χ3v) is 9.66. The Morgan fingerprint density at radius 3 is 2.60 bits per heavy atom. The molecule has 6 atom stereocenters. The quantitative estimate of drug-likeness (QED) is 0.333. The maximum Gasteiger partial charge on any atom is 0.313 e. The molecule has 0 bridgehead atoms. The average molecular weight is 612 g/mol. The Morgan fingerprint density at radius 2 is 1.78 bits per heavy atom. The van der Waals surface area contributed by atoms with Crippen LogP contribution in [0.3, 0.4) is 0 Å². The number of carbonyl (C=O) groups excluding carboxylic acids is 3. The largest absolute Gasteiger partial charge is 0.465 e. The number of aliphatic hydroxyl groups excluding tert-OH is 1. The zero-order chi connectivity index (χ0) is 31.2. The number of amides is 2. The van der Waals surface area contributed by atoms with Crippen LogP contribution in [0.4, 0.5) is 0 Å². The summed E-state index contributed by atoms with van der Waals surface area (Å²) >= 11 is 0. The summed E-state index contributed by atoms with van der Waals surface area (Å²) < 4.78 is 14.3. The molecule has 0 saturated carbocycles. The molecule has 11 nitrogen and oxygen atoms in total. The lowest BCUT2D eigenvalue weighted by Gasteiger charge is -2.40. The molecule has 5 heterocycles. The fourth-order valence-corrected chi connectivity index (χ4v) is 7.62. The van der Waals surface area contributed by atoms with Gasteiger partial charge < -0.3 is 24.4 Å². The molecule has 3 aromatic rings. The van der Waals surface area contributed by atoms with E-state index in [1.807, 2.05) is 72.8 Å². The van der Waals surface area contributed by atoms with Gasteiger partial charge in [-0.2, -0.15) is 0 Å². The number of aromatic nitrogens is 3. The standard InChI is InChI=1S/C34H37N5O6/c1-33-16-9-2-3-10-19-44-32(43)28(33)27-30(41)39(24(21-40)20-23-12-5-4-6-13-23)29-31(42)37(18-11-17-34(27,29)45-33)22-38-26-15-8-7-14-25(26)35-36-38/h4-9,11-17,24,27-29,40H,2-3,10,18-22H2,1H3/b16-9-/t24-,27+,28-,29?,33+,34+/m1/s1. The van der Waals surface area contributed by atoms with Crippen LogP contribution < -0.4 is 0 Å². The first-order valence-electron chi connectivity index (χ1n) is 15.6. The number of benzene rings is 2. The Hall–Kier alpha value is -4.35. The molecule has 0 aliphatic carbocycles. The summed E-state index contributed by atoms with van der Waals surface area (Å²) in [6.45, 7) is 2.00. The number of allylic oxidation sites excluding steroid dienone is 1. The lowest BCUT2D eigenvalue weighted by Crippen LogP contribution is -2.59. The average Bonchev–Trinajstić information content (AvgIpc) is 3.61. The van der Waals surface area contributed by atoms with Gasteiger partial charge in [-0.1, -0.05) is 72.0 Å². The van der Waals surface area contributed by atoms with E-state index >= 15 is 0 Å². The lowest BCUT2D eigenvalue weighted by atomic mass is 9.74. The number of hydrogen-bond acceptors (Lipinski definition) is 8. The van der Waals surface area contributed by atoms with Crippen molar-refractivity contribution in [3.63, 3.8) is 0 Å². The summed E-state index contributed by atoms with van der Waals surface area (Å²) in [7, 11) is 0. The third-order valence-electron chi connectivity index (χ3n) is 9.66. The van der Waals surface area contributed by atoms with Gasteiger partial charge in [-0.25, -0.2) is 4.68 Å². The number of hydrogen-bond donors (Lipinski definition) is 1. The molecule has 1 spiro atoms. The molecule has 0 radical (unpaired) electrons. The zero-order valence-corrected chi connectivity index (χ0v) is 25.2. The third kappa shape index (κ3) is 4.85. The number of ether oxygens (including phenoxy) is 2. The molecule has 1 unspecified atom stereocenters. The van der Waals surface area contributed by atoms with Crippen LogP contribution in [-0.2, 0) is 36.9 Å². The minimum atomic E-state index is -1.46. The van der Waals surface area contributed by atoms with Crippen molar-refractivity contribution in [3.05, 3.63) is 84.5 Å². The van der Waals surface area contributed by atoms with E-state index in [0.717, 1.165) is 23.9 Å². The number of carbonyl (C=O) groups is 3. The number of rotatable bonds is 6. The van der Waals surface area contributed by atoms with Crippen molar-refractivity contribution in [1.29, 1.82) is 0 Å². The second-order valence-corrected chi connectivity index (χ2v) is 12.5. The first-order valence-corrected chi connectivity index (χ1v) is 15.6. The van der Waals surface area contributed by atoms with E-state index in [9.17, 15) is 19.5 Å². The molecule has 1 N–H and O–H groups in total. The normalized spacial score (nSPS) is 31.2. The van der Waals surface area contributed by atoms with E-state index in [1.54, 1.807) is 22.6 Å². The summed E-state index contributed by atoms with van der Waals surface area (Å²) in [4.78, 5) is 46.5. The van der Waals surface area contributed by atoms with Crippen molar-refractivity contribution in [2.75, 3.05) is 19.8 Å². The smallest absolute Gasteiger partial charge is 0.313 e. The lowest BCUT2D eigenvalue weighted by molar-refractivity contribution is -0.162. The van der Waals surface area contributed by atoms with Crippen molar-refractivity contribution in [2.45, 2.75) is 62.6 Å². The number of likely N-dealkylation sites (tertiary alicyclic amines) is 1. The maximum absolute atomic E-state index is 14.8. The molecular weight excluding hydrogens is 574 g/mol. The van der Waals surface area contributed by atoms with Gasteiger partial charge in [-0.15, -0.1) is 5.10 Å². The molecule has 4 aliphatic heterocycles. The molecule has 2 fully saturated rings. The monoisotopic (exact) mass is 611 g/mol. The number of cyclic esters (lactones) is 1. The Labute approximate surface area is 261 Å². The Bertz CT molecular complexity index is 1670. The summed E-state index contributed by atoms with van der Waals surface area (Å²) in [5.74, 6) is -3.28. The minimum absolute atomic E-state index is 0.0914. The molecule has 1 aromatic heterocycles. The fourth-order valence-electron chi connectivity index (χ4n) is 7.62. The van der Waals surface area contributed by atoms with E-state index in [1.165, 1.54) is 4.90 Å². The van der Waals surface area contributed by atoms with Crippen molar-refractivity contribution in [1.82, 2.24) is 24.8 Å². The fraction of sp³-hybridized carbons (Fsp3) is 0.441. The minimum Gasteiger partial charge on any atom is -0.465 e. The van der Waals surface area contributed by atoms with E-state index in [4.69, 9.17) is 9.47 Å².